The summed E-state index contributed by atoms with van der Waals surface area (Å²) in [5, 5.41) is 11.4. The highest BCUT2D eigenvalue weighted by molar-refractivity contribution is 6.23. The molecule has 1 aliphatic heterocycles. The van der Waals surface area contributed by atoms with Crippen molar-refractivity contribution in [3.63, 3.8) is 0 Å². The molecule has 0 amide bonds. The lowest BCUT2D eigenvalue weighted by molar-refractivity contribution is -0.382. The molecular weight excluding hydrogens is 252 g/mol. The molecule has 0 bridgehead atoms. The third-order valence-electron chi connectivity index (χ3n) is 2.97. The van der Waals surface area contributed by atoms with E-state index in [-0.39, 0.29) is 33.3 Å². The molecule has 2 aromatic rings. The van der Waals surface area contributed by atoms with Crippen LogP contribution in [0.25, 0.3) is 10.8 Å². The lowest BCUT2D eigenvalue weighted by Crippen LogP contribution is -2.20. The van der Waals surface area contributed by atoms with Crippen LogP contribution in [0.15, 0.2) is 24.3 Å². The van der Waals surface area contributed by atoms with Crippen LogP contribution in [-0.4, -0.2) is 16.9 Å². The first kappa shape index (κ1) is 11.1. The van der Waals surface area contributed by atoms with E-state index in [2.05, 4.69) is 4.74 Å². The van der Waals surface area contributed by atoms with Crippen molar-refractivity contribution >= 4 is 34.1 Å². The van der Waals surface area contributed by atoms with E-state index in [0.717, 1.165) is 0 Å². The highest BCUT2D eigenvalue weighted by atomic mass is 16.6. The molecule has 0 atom stereocenters. The van der Waals surface area contributed by atoms with E-state index >= 15 is 0 Å². The number of hydrogen-bond acceptors (Lipinski definition) is 6. The van der Waals surface area contributed by atoms with Crippen molar-refractivity contribution < 1.29 is 19.2 Å². The van der Waals surface area contributed by atoms with Crippen LogP contribution >= 0.6 is 0 Å². The third-order valence-corrected chi connectivity index (χ3v) is 2.97. The van der Waals surface area contributed by atoms with Gasteiger partial charge in [-0.05, 0) is 18.2 Å². The van der Waals surface area contributed by atoms with Gasteiger partial charge in [0.15, 0.2) is 0 Å². The minimum atomic E-state index is -0.852. The lowest BCUT2D eigenvalue weighted by Gasteiger charge is -2.15. The maximum absolute atomic E-state index is 11.6. The van der Waals surface area contributed by atoms with Crippen LogP contribution in [0.4, 0.5) is 11.4 Å². The number of nitrogens with two attached hydrogens (primary N) is 1. The molecule has 0 spiro atoms. The molecule has 2 N–H and O–H groups in total. The predicted molar refractivity (Wildman–Crippen MR) is 64.8 cm³/mol. The maximum Gasteiger partial charge on any atom is 0.346 e. The quantitative estimate of drug-likeness (QED) is 0.273. The number of nitrogens with zero attached hydrogens (tertiary/aromatic N) is 1. The Balaban J connectivity index is 2.58. The molecule has 3 rings (SSSR count). The zero-order chi connectivity index (χ0) is 13.7. The van der Waals surface area contributed by atoms with Gasteiger partial charge in [0, 0.05) is 5.39 Å². The Bertz CT molecular complexity index is 781. The first-order valence-corrected chi connectivity index (χ1v) is 5.27. The zero-order valence-corrected chi connectivity index (χ0v) is 9.38. The summed E-state index contributed by atoms with van der Waals surface area (Å²) in [5.74, 6) is -1.67. The second-order valence-electron chi connectivity index (χ2n) is 4.02. The predicted octanol–water partition coefficient (Wildman–Crippen LogP) is 1.64. The van der Waals surface area contributed by atoms with Gasteiger partial charge in [-0.1, -0.05) is 6.07 Å². The Morgan fingerprint density at radius 3 is 2.53 bits per heavy atom. The monoisotopic (exact) mass is 258 g/mol. The summed E-state index contributed by atoms with van der Waals surface area (Å²) in [6.45, 7) is 0. The van der Waals surface area contributed by atoms with Crippen molar-refractivity contribution in [2.75, 3.05) is 5.73 Å². The van der Waals surface area contributed by atoms with Crippen LogP contribution in [0.2, 0.25) is 0 Å². The maximum atomic E-state index is 11.6. The molecule has 0 fully saturated rings. The summed E-state index contributed by atoms with van der Waals surface area (Å²) in [4.78, 5) is 33.7. The number of anilines is 1. The summed E-state index contributed by atoms with van der Waals surface area (Å²) in [7, 11) is 0. The minimum absolute atomic E-state index is 0.0632. The van der Waals surface area contributed by atoms with E-state index in [0.29, 0.717) is 0 Å². The van der Waals surface area contributed by atoms with Crippen LogP contribution in [0.5, 0.6) is 0 Å². The van der Waals surface area contributed by atoms with E-state index in [1.165, 1.54) is 24.3 Å². The number of rotatable bonds is 1. The topological polar surface area (TPSA) is 113 Å². The lowest BCUT2D eigenvalue weighted by atomic mass is 9.95. The Morgan fingerprint density at radius 1 is 1.16 bits per heavy atom. The van der Waals surface area contributed by atoms with Crippen molar-refractivity contribution in [1.29, 1.82) is 0 Å². The number of ether oxygens (including phenoxy) is 1. The molecule has 2 aromatic carbocycles. The third kappa shape index (κ3) is 1.38. The van der Waals surface area contributed by atoms with Crippen molar-refractivity contribution in [2.24, 2.45) is 0 Å². The van der Waals surface area contributed by atoms with E-state index in [1.54, 1.807) is 0 Å². The van der Waals surface area contributed by atoms with Crippen LogP contribution in [0.1, 0.15) is 20.7 Å². The second-order valence-corrected chi connectivity index (χ2v) is 4.02. The summed E-state index contributed by atoms with van der Waals surface area (Å²) in [6, 6.07) is 5.53. The van der Waals surface area contributed by atoms with Crippen molar-refractivity contribution in [3.05, 3.63) is 45.5 Å². The molecule has 0 saturated heterocycles. The fourth-order valence-corrected chi connectivity index (χ4v) is 2.22. The first-order valence-electron chi connectivity index (χ1n) is 5.27. The van der Waals surface area contributed by atoms with Crippen LogP contribution in [0, 0.1) is 10.1 Å². The molecule has 0 aliphatic carbocycles. The second kappa shape index (κ2) is 3.52. The first-order chi connectivity index (χ1) is 9.00. The van der Waals surface area contributed by atoms with Gasteiger partial charge >= 0.3 is 11.9 Å². The average Bonchev–Trinajstić information content (AvgIpc) is 2.34. The Morgan fingerprint density at radius 2 is 1.84 bits per heavy atom. The Kier molecular flexibility index (Phi) is 2.06. The average molecular weight is 258 g/mol. The highest BCUT2D eigenvalue weighted by Gasteiger charge is 2.31. The Labute approximate surface area is 105 Å². The number of carbonyl (C=O) groups excluding carboxylic acids is 2. The molecule has 0 radical (unpaired) electrons. The number of hydrogen-bond donors (Lipinski definition) is 1. The molecule has 1 aliphatic rings. The molecule has 0 aromatic heterocycles. The fourth-order valence-electron chi connectivity index (χ4n) is 2.22. The van der Waals surface area contributed by atoms with Crippen LogP contribution in [-0.2, 0) is 4.74 Å². The summed E-state index contributed by atoms with van der Waals surface area (Å²) in [6.07, 6.45) is 0. The van der Waals surface area contributed by atoms with Crippen LogP contribution < -0.4 is 5.73 Å². The van der Waals surface area contributed by atoms with Crippen molar-refractivity contribution in [3.8, 4) is 0 Å². The molecule has 0 saturated carbocycles. The van der Waals surface area contributed by atoms with Gasteiger partial charge in [0.05, 0.1) is 21.4 Å². The number of nitro benzene ring substituents is 1. The van der Waals surface area contributed by atoms with Crippen molar-refractivity contribution in [1.82, 2.24) is 0 Å². The summed E-state index contributed by atoms with van der Waals surface area (Å²) < 4.78 is 4.55. The molecule has 1 heterocycles. The van der Waals surface area contributed by atoms with Gasteiger partial charge in [0.2, 0.25) is 0 Å². The van der Waals surface area contributed by atoms with E-state index in [4.69, 9.17) is 5.73 Å². The van der Waals surface area contributed by atoms with Gasteiger partial charge in [-0.25, -0.2) is 9.59 Å². The van der Waals surface area contributed by atoms with Gasteiger partial charge < -0.3 is 10.5 Å². The highest BCUT2D eigenvalue weighted by Crippen LogP contribution is 2.38. The van der Waals surface area contributed by atoms with E-state index < -0.39 is 16.9 Å². The fraction of sp³-hybridized carbons (Fsp3) is 0. The normalized spacial score (nSPS) is 13.5. The van der Waals surface area contributed by atoms with Crippen LogP contribution in [0.3, 0.4) is 0 Å². The molecule has 94 valence electrons. The Hall–Kier alpha value is -2.96. The van der Waals surface area contributed by atoms with E-state index in [9.17, 15) is 19.7 Å². The van der Waals surface area contributed by atoms with Gasteiger partial charge in [-0.2, -0.15) is 0 Å². The largest absolute Gasteiger partial charge is 0.393 e. The summed E-state index contributed by atoms with van der Waals surface area (Å²) >= 11 is 0. The number of carbonyl (C=O) groups is 2. The molecular formula is C12H6N2O5. The molecule has 0 unspecified atom stereocenters. The van der Waals surface area contributed by atoms with Gasteiger partial charge in [0.25, 0.3) is 5.69 Å². The number of nitrogen functional groups attached to an aromatic ring is 1. The zero-order valence-electron chi connectivity index (χ0n) is 9.38. The molecule has 7 nitrogen and oxygen atoms in total. The number of nitro groups is 1. The number of esters is 2. The van der Waals surface area contributed by atoms with Crippen molar-refractivity contribution in [2.45, 2.75) is 0 Å². The molecule has 7 heteroatoms. The SMILES string of the molecule is Nc1cc2c3c(cccc3c1[N+](=O)[O-])C(=O)OC2=O. The standard InChI is InChI=1S/C12H6N2O5/c13-8-4-7-9-5(10(8)14(17)18)2-1-3-6(9)11(15)19-12(7)16/h1-4H,13H2. The number of benzene rings is 2. The molecule has 19 heavy (non-hydrogen) atoms. The van der Waals surface area contributed by atoms with Gasteiger partial charge in [0.1, 0.15) is 5.69 Å². The number of cyclic esters (lactones) is 2. The van der Waals surface area contributed by atoms with Gasteiger partial charge in [-0.15, -0.1) is 0 Å². The smallest absolute Gasteiger partial charge is 0.346 e. The minimum Gasteiger partial charge on any atom is -0.393 e. The summed E-state index contributed by atoms with van der Waals surface area (Å²) in [5.41, 5.74) is 5.33. The van der Waals surface area contributed by atoms with Gasteiger partial charge in [-0.3, -0.25) is 10.1 Å². The van der Waals surface area contributed by atoms with E-state index in [1.807, 2.05) is 0 Å².